The molecule has 0 aliphatic heterocycles. The highest BCUT2D eigenvalue weighted by atomic mass is 35.5. The van der Waals surface area contributed by atoms with Crippen LogP contribution in [-0.4, -0.2) is 29.1 Å². The van der Waals surface area contributed by atoms with Crippen molar-refractivity contribution in [2.45, 2.75) is 6.54 Å². The Bertz CT molecular complexity index is 464. The number of hydrogen-bond donors (Lipinski definition) is 2. The largest absolute Gasteiger partial charge is 0.480 e. The van der Waals surface area contributed by atoms with Gasteiger partial charge in [0.15, 0.2) is 0 Å². The fraction of sp³-hybridized carbons (Fsp3) is 0.250. The normalized spacial score (nSPS) is 10.6. The van der Waals surface area contributed by atoms with Crippen LogP contribution in [-0.2, 0) is 11.3 Å². The number of anilines is 1. The van der Waals surface area contributed by atoms with Crippen molar-refractivity contribution in [1.82, 2.24) is 4.90 Å². The Morgan fingerprint density at radius 2 is 2.17 bits per heavy atom. The summed E-state index contributed by atoms with van der Waals surface area (Å²) in [6.07, 6.45) is 1.62. The number of hydrogen-bond acceptors (Lipinski definition) is 3. The van der Waals surface area contributed by atoms with Crippen LogP contribution in [0.4, 0.5) is 5.69 Å². The van der Waals surface area contributed by atoms with Gasteiger partial charge in [0.05, 0.1) is 16.6 Å². The van der Waals surface area contributed by atoms with Crippen LogP contribution in [0, 0.1) is 0 Å². The highest BCUT2D eigenvalue weighted by Crippen LogP contribution is 2.30. The third-order valence-corrected chi connectivity index (χ3v) is 3.20. The topological polar surface area (TPSA) is 66.6 Å². The minimum absolute atomic E-state index is 0.117. The van der Waals surface area contributed by atoms with E-state index in [1.807, 2.05) is 0 Å². The molecule has 3 N–H and O–H groups in total. The zero-order valence-corrected chi connectivity index (χ0v) is 11.2. The summed E-state index contributed by atoms with van der Waals surface area (Å²) in [6.45, 7) is 4.20. The first-order valence-electron chi connectivity index (χ1n) is 5.23. The van der Waals surface area contributed by atoms with E-state index in [-0.39, 0.29) is 6.54 Å². The van der Waals surface area contributed by atoms with Crippen LogP contribution < -0.4 is 5.73 Å². The first kappa shape index (κ1) is 14.8. The second kappa shape index (κ2) is 6.64. The summed E-state index contributed by atoms with van der Waals surface area (Å²) in [4.78, 5) is 12.4. The first-order valence-corrected chi connectivity index (χ1v) is 5.98. The van der Waals surface area contributed by atoms with E-state index in [0.29, 0.717) is 34.4 Å². The van der Waals surface area contributed by atoms with Crippen molar-refractivity contribution >= 4 is 34.9 Å². The Labute approximate surface area is 116 Å². The number of benzene rings is 1. The Balaban J connectivity index is 2.96. The van der Waals surface area contributed by atoms with Crippen molar-refractivity contribution in [2.24, 2.45) is 0 Å². The third-order valence-electron chi connectivity index (χ3n) is 2.36. The summed E-state index contributed by atoms with van der Waals surface area (Å²) in [5, 5.41) is 9.57. The molecule has 0 aliphatic rings. The molecule has 0 radical (unpaired) electrons. The molecule has 4 nitrogen and oxygen atoms in total. The standard InChI is InChI=1S/C12H14Cl2N2O2/c1-2-5-16(7-11(17)18)6-8-10(15)4-3-9(13)12(8)14/h2-4H,1,5-7,15H2,(H,17,18). The predicted octanol–water partition coefficient (Wildman–Crippen LogP) is 2.65. The maximum atomic E-state index is 10.7. The molecular formula is C12H14Cl2N2O2. The molecular weight excluding hydrogens is 275 g/mol. The van der Waals surface area contributed by atoms with Gasteiger partial charge in [-0.2, -0.15) is 0 Å². The number of carboxylic acid groups (broad SMARTS) is 1. The number of aliphatic carboxylic acids is 1. The molecule has 0 heterocycles. The van der Waals surface area contributed by atoms with Gasteiger partial charge in [-0.1, -0.05) is 29.3 Å². The molecule has 18 heavy (non-hydrogen) atoms. The molecule has 0 spiro atoms. The molecule has 0 saturated heterocycles. The van der Waals surface area contributed by atoms with Gasteiger partial charge in [-0.3, -0.25) is 9.69 Å². The van der Waals surface area contributed by atoms with E-state index < -0.39 is 5.97 Å². The highest BCUT2D eigenvalue weighted by molar-refractivity contribution is 6.42. The van der Waals surface area contributed by atoms with Gasteiger partial charge in [0.1, 0.15) is 0 Å². The van der Waals surface area contributed by atoms with E-state index in [2.05, 4.69) is 6.58 Å². The molecule has 0 amide bonds. The molecule has 98 valence electrons. The molecule has 0 aliphatic carbocycles. The van der Waals surface area contributed by atoms with Crippen molar-refractivity contribution in [3.05, 3.63) is 40.4 Å². The van der Waals surface area contributed by atoms with E-state index in [9.17, 15) is 4.79 Å². The number of carbonyl (C=O) groups is 1. The van der Waals surface area contributed by atoms with Crippen molar-refractivity contribution in [1.29, 1.82) is 0 Å². The van der Waals surface area contributed by atoms with Gasteiger partial charge in [0.25, 0.3) is 0 Å². The number of rotatable bonds is 6. The molecule has 0 unspecified atom stereocenters. The van der Waals surface area contributed by atoms with Gasteiger partial charge >= 0.3 is 5.97 Å². The Kier molecular flexibility index (Phi) is 5.47. The smallest absolute Gasteiger partial charge is 0.317 e. The van der Waals surface area contributed by atoms with Gasteiger partial charge in [0, 0.05) is 24.3 Å². The molecule has 0 atom stereocenters. The lowest BCUT2D eigenvalue weighted by Crippen LogP contribution is -2.29. The average Bonchev–Trinajstić information content (AvgIpc) is 2.29. The van der Waals surface area contributed by atoms with E-state index >= 15 is 0 Å². The number of nitrogens with two attached hydrogens (primary N) is 1. The first-order chi connectivity index (χ1) is 8.45. The third kappa shape index (κ3) is 3.91. The number of carboxylic acids is 1. The lowest BCUT2D eigenvalue weighted by molar-refractivity contribution is -0.138. The maximum absolute atomic E-state index is 10.7. The minimum Gasteiger partial charge on any atom is -0.480 e. The summed E-state index contributed by atoms with van der Waals surface area (Å²) < 4.78 is 0. The van der Waals surface area contributed by atoms with Gasteiger partial charge in [-0.25, -0.2) is 0 Å². The molecule has 0 saturated carbocycles. The zero-order chi connectivity index (χ0) is 13.7. The lowest BCUT2D eigenvalue weighted by atomic mass is 10.1. The van der Waals surface area contributed by atoms with Crippen molar-refractivity contribution in [3.63, 3.8) is 0 Å². The minimum atomic E-state index is -0.923. The van der Waals surface area contributed by atoms with Crippen LogP contribution in [0.5, 0.6) is 0 Å². The number of halogens is 2. The molecule has 1 aromatic rings. The highest BCUT2D eigenvalue weighted by Gasteiger charge is 2.14. The SMILES string of the molecule is C=CCN(CC(=O)O)Cc1c(N)ccc(Cl)c1Cl. The van der Waals surface area contributed by atoms with Crippen LogP contribution in [0.1, 0.15) is 5.56 Å². The Hall–Kier alpha value is -1.23. The molecule has 0 fully saturated rings. The summed E-state index contributed by atoms with van der Waals surface area (Å²) in [7, 11) is 0. The van der Waals surface area contributed by atoms with Gasteiger partial charge < -0.3 is 10.8 Å². The maximum Gasteiger partial charge on any atom is 0.317 e. The van der Waals surface area contributed by atoms with Crippen molar-refractivity contribution in [2.75, 3.05) is 18.8 Å². The second-order valence-electron chi connectivity index (χ2n) is 3.78. The zero-order valence-electron chi connectivity index (χ0n) is 9.70. The van der Waals surface area contributed by atoms with E-state index in [1.165, 1.54) is 0 Å². The molecule has 1 rings (SSSR count). The summed E-state index contributed by atoms with van der Waals surface area (Å²) in [5.74, 6) is -0.923. The second-order valence-corrected chi connectivity index (χ2v) is 4.57. The van der Waals surface area contributed by atoms with Crippen LogP contribution in [0.3, 0.4) is 0 Å². The van der Waals surface area contributed by atoms with Crippen LogP contribution in [0.2, 0.25) is 10.0 Å². The van der Waals surface area contributed by atoms with E-state index in [1.54, 1.807) is 23.1 Å². The van der Waals surface area contributed by atoms with Crippen molar-refractivity contribution in [3.8, 4) is 0 Å². The molecule has 6 heteroatoms. The molecule has 0 bridgehead atoms. The molecule has 1 aromatic carbocycles. The van der Waals surface area contributed by atoms with E-state index in [4.69, 9.17) is 34.0 Å². The van der Waals surface area contributed by atoms with E-state index in [0.717, 1.165) is 0 Å². The fourth-order valence-corrected chi connectivity index (χ4v) is 1.96. The van der Waals surface area contributed by atoms with Crippen molar-refractivity contribution < 1.29 is 9.90 Å². The lowest BCUT2D eigenvalue weighted by Gasteiger charge is -2.20. The average molecular weight is 289 g/mol. The van der Waals surface area contributed by atoms with Gasteiger partial charge in [-0.05, 0) is 12.1 Å². The van der Waals surface area contributed by atoms with Gasteiger partial charge in [0.2, 0.25) is 0 Å². The summed E-state index contributed by atoms with van der Waals surface area (Å²) >= 11 is 12.0. The number of nitrogens with zero attached hydrogens (tertiary/aromatic N) is 1. The molecule has 0 aromatic heterocycles. The fourth-order valence-electron chi connectivity index (χ4n) is 1.55. The monoisotopic (exact) mass is 288 g/mol. The summed E-state index contributed by atoms with van der Waals surface area (Å²) in [6, 6.07) is 3.26. The predicted molar refractivity (Wildman–Crippen MR) is 74.0 cm³/mol. The van der Waals surface area contributed by atoms with Gasteiger partial charge in [-0.15, -0.1) is 6.58 Å². The van der Waals surface area contributed by atoms with Crippen LogP contribution >= 0.6 is 23.2 Å². The Morgan fingerprint density at radius 1 is 1.50 bits per heavy atom. The van der Waals surface area contributed by atoms with Crippen LogP contribution in [0.15, 0.2) is 24.8 Å². The van der Waals surface area contributed by atoms with Crippen LogP contribution in [0.25, 0.3) is 0 Å². The summed E-state index contributed by atoms with van der Waals surface area (Å²) in [5.41, 5.74) is 6.94. The number of nitrogen functional groups attached to an aromatic ring is 1. The quantitative estimate of drug-likeness (QED) is 0.624. The Morgan fingerprint density at radius 3 is 2.72 bits per heavy atom.